The first-order chi connectivity index (χ1) is 9.56. The standard InChI is InChI=1S/C14H12BrN3O2/c1-2-17-13(19)8-18-7-9(6-16)14(20)11-5-10(15)3-4-12(11)18/h3-5,7H,2,8H2,1H3,(H,17,19). The fraction of sp³-hybridized carbons (Fsp3) is 0.214. The Kier molecular flexibility index (Phi) is 4.20. The van der Waals surface area contributed by atoms with Crippen molar-refractivity contribution in [2.45, 2.75) is 13.5 Å². The monoisotopic (exact) mass is 333 g/mol. The molecule has 0 saturated heterocycles. The summed E-state index contributed by atoms with van der Waals surface area (Å²) >= 11 is 3.30. The summed E-state index contributed by atoms with van der Waals surface area (Å²) in [5.41, 5.74) is 0.333. The number of nitrogens with one attached hydrogen (secondary N) is 1. The highest BCUT2D eigenvalue weighted by molar-refractivity contribution is 9.10. The van der Waals surface area contributed by atoms with Crippen LogP contribution in [-0.4, -0.2) is 17.0 Å². The Balaban J connectivity index is 2.65. The van der Waals surface area contributed by atoms with E-state index in [4.69, 9.17) is 5.26 Å². The second-order valence-corrected chi connectivity index (χ2v) is 5.14. The number of halogens is 1. The van der Waals surface area contributed by atoms with Gasteiger partial charge in [-0.3, -0.25) is 9.59 Å². The highest BCUT2D eigenvalue weighted by Crippen LogP contribution is 2.18. The third kappa shape index (κ3) is 2.73. The first-order valence-electron chi connectivity index (χ1n) is 6.06. The van der Waals surface area contributed by atoms with Gasteiger partial charge in [0.2, 0.25) is 11.3 Å². The molecule has 6 heteroatoms. The van der Waals surface area contributed by atoms with Gasteiger partial charge in [-0.2, -0.15) is 5.26 Å². The lowest BCUT2D eigenvalue weighted by molar-refractivity contribution is -0.121. The van der Waals surface area contributed by atoms with E-state index >= 15 is 0 Å². The third-order valence-electron chi connectivity index (χ3n) is 2.85. The number of rotatable bonds is 3. The average molecular weight is 334 g/mol. The number of amides is 1. The number of hydrogen-bond acceptors (Lipinski definition) is 3. The molecule has 1 amide bonds. The van der Waals surface area contributed by atoms with Gasteiger partial charge in [-0.15, -0.1) is 0 Å². The van der Waals surface area contributed by atoms with Crippen LogP contribution < -0.4 is 10.7 Å². The van der Waals surface area contributed by atoms with Crippen molar-refractivity contribution in [3.8, 4) is 6.07 Å². The summed E-state index contributed by atoms with van der Waals surface area (Å²) in [6.07, 6.45) is 1.42. The molecular weight excluding hydrogens is 322 g/mol. The zero-order valence-corrected chi connectivity index (χ0v) is 12.4. The number of pyridine rings is 1. The zero-order valence-electron chi connectivity index (χ0n) is 10.8. The minimum absolute atomic E-state index is 0.0277. The van der Waals surface area contributed by atoms with E-state index in [-0.39, 0.29) is 23.4 Å². The SMILES string of the molecule is CCNC(=O)Cn1cc(C#N)c(=O)c2cc(Br)ccc21. The predicted molar refractivity (Wildman–Crippen MR) is 79.3 cm³/mol. The number of carbonyl (C=O) groups is 1. The molecule has 0 aliphatic rings. The maximum Gasteiger partial charge on any atom is 0.239 e. The topological polar surface area (TPSA) is 74.9 Å². The lowest BCUT2D eigenvalue weighted by Gasteiger charge is -2.11. The van der Waals surface area contributed by atoms with Crippen molar-refractivity contribution in [2.75, 3.05) is 6.54 Å². The van der Waals surface area contributed by atoms with Gasteiger partial charge in [0.25, 0.3) is 0 Å². The second kappa shape index (κ2) is 5.88. The van der Waals surface area contributed by atoms with Crippen LogP contribution in [0.15, 0.2) is 33.7 Å². The molecule has 2 rings (SSSR count). The van der Waals surface area contributed by atoms with Crippen LogP contribution in [0.5, 0.6) is 0 Å². The fourth-order valence-corrected chi connectivity index (χ4v) is 2.35. The molecule has 1 heterocycles. The summed E-state index contributed by atoms with van der Waals surface area (Å²) in [5, 5.41) is 12.1. The van der Waals surface area contributed by atoms with Crippen LogP contribution in [0.1, 0.15) is 12.5 Å². The van der Waals surface area contributed by atoms with Crippen molar-refractivity contribution < 1.29 is 4.79 Å². The van der Waals surface area contributed by atoms with Crippen molar-refractivity contribution in [3.63, 3.8) is 0 Å². The maximum absolute atomic E-state index is 12.1. The Bertz CT molecular complexity index is 774. The molecule has 2 aromatic rings. The van der Waals surface area contributed by atoms with Crippen molar-refractivity contribution in [1.82, 2.24) is 9.88 Å². The molecule has 20 heavy (non-hydrogen) atoms. The Morgan fingerprint density at radius 1 is 1.50 bits per heavy atom. The van der Waals surface area contributed by atoms with Crippen molar-refractivity contribution in [1.29, 1.82) is 5.26 Å². The van der Waals surface area contributed by atoms with Gasteiger partial charge in [-0.05, 0) is 25.1 Å². The largest absolute Gasteiger partial charge is 0.355 e. The van der Waals surface area contributed by atoms with Crippen LogP contribution >= 0.6 is 15.9 Å². The second-order valence-electron chi connectivity index (χ2n) is 4.23. The Labute approximate surface area is 124 Å². The summed E-state index contributed by atoms with van der Waals surface area (Å²) in [6.45, 7) is 2.44. The average Bonchev–Trinajstić information content (AvgIpc) is 2.42. The van der Waals surface area contributed by atoms with Gasteiger partial charge in [-0.1, -0.05) is 15.9 Å². The van der Waals surface area contributed by atoms with Crippen molar-refractivity contribution >= 4 is 32.7 Å². The normalized spacial score (nSPS) is 10.2. The van der Waals surface area contributed by atoms with Crippen LogP contribution in [0.25, 0.3) is 10.9 Å². The number of fused-ring (bicyclic) bond motifs is 1. The fourth-order valence-electron chi connectivity index (χ4n) is 1.99. The third-order valence-corrected chi connectivity index (χ3v) is 3.34. The minimum atomic E-state index is -0.323. The van der Waals surface area contributed by atoms with Gasteiger partial charge >= 0.3 is 0 Å². The molecule has 1 N–H and O–H groups in total. The summed E-state index contributed by atoms with van der Waals surface area (Å²) in [6, 6.07) is 7.08. The van der Waals surface area contributed by atoms with Gasteiger partial charge in [0.15, 0.2) is 0 Å². The summed E-state index contributed by atoms with van der Waals surface area (Å²) in [7, 11) is 0. The molecule has 5 nitrogen and oxygen atoms in total. The molecule has 0 fully saturated rings. The van der Waals surface area contributed by atoms with E-state index in [1.54, 1.807) is 22.8 Å². The van der Waals surface area contributed by atoms with E-state index in [1.165, 1.54) is 6.20 Å². The first kappa shape index (κ1) is 14.3. The first-order valence-corrected chi connectivity index (χ1v) is 6.85. The zero-order chi connectivity index (χ0) is 14.7. The highest BCUT2D eigenvalue weighted by Gasteiger charge is 2.11. The smallest absolute Gasteiger partial charge is 0.239 e. The van der Waals surface area contributed by atoms with E-state index in [1.807, 2.05) is 13.0 Å². The van der Waals surface area contributed by atoms with E-state index < -0.39 is 0 Å². The van der Waals surface area contributed by atoms with Crippen LogP contribution in [0.4, 0.5) is 0 Å². The summed E-state index contributed by atoms with van der Waals surface area (Å²) in [5.74, 6) is -0.163. The number of carbonyl (C=O) groups excluding carboxylic acids is 1. The number of nitriles is 1. The highest BCUT2D eigenvalue weighted by atomic mass is 79.9. The van der Waals surface area contributed by atoms with E-state index in [2.05, 4.69) is 21.2 Å². The summed E-state index contributed by atoms with van der Waals surface area (Å²) in [4.78, 5) is 23.8. The number of aromatic nitrogens is 1. The molecule has 0 unspecified atom stereocenters. The van der Waals surface area contributed by atoms with Gasteiger partial charge in [0.05, 0.1) is 5.52 Å². The molecule has 0 radical (unpaired) electrons. The van der Waals surface area contributed by atoms with Crippen LogP contribution in [-0.2, 0) is 11.3 Å². The summed E-state index contributed by atoms with van der Waals surface area (Å²) < 4.78 is 2.37. The maximum atomic E-state index is 12.1. The van der Waals surface area contributed by atoms with Crippen LogP contribution in [0.3, 0.4) is 0 Å². The van der Waals surface area contributed by atoms with Crippen LogP contribution in [0, 0.1) is 11.3 Å². The number of likely N-dealkylation sites (N-methyl/N-ethyl adjacent to an activating group) is 1. The van der Waals surface area contributed by atoms with Gasteiger partial charge in [0, 0.05) is 22.6 Å². The predicted octanol–water partition coefficient (Wildman–Crippen LogP) is 1.77. The van der Waals surface area contributed by atoms with Crippen molar-refractivity contribution in [2.24, 2.45) is 0 Å². The van der Waals surface area contributed by atoms with E-state index in [9.17, 15) is 9.59 Å². The molecular formula is C14H12BrN3O2. The number of hydrogen-bond donors (Lipinski definition) is 1. The molecule has 0 saturated carbocycles. The van der Waals surface area contributed by atoms with E-state index in [0.717, 1.165) is 4.47 Å². The molecule has 1 aromatic carbocycles. The van der Waals surface area contributed by atoms with Gasteiger partial charge < -0.3 is 9.88 Å². The lowest BCUT2D eigenvalue weighted by atomic mass is 10.1. The van der Waals surface area contributed by atoms with Gasteiger partial charge in [0.1, 0.15) is 18.2 Å². The number of nitrogens with zero attached hydrogens (tertiary/aromatic N) is 2. The molecule has 0 aliphatic heterocycles. The van der Waals surface area contributed by atoms with E-state index in [0.29, 0.717) is 17.4 Å². The Morgan fingerprint density at radius 3 is 2.90 bits per heavy atom. The lowest BCUT2D eigenvalue weighted by Crippen LogP contribution is -2.28. The van der Waals surface area contributed by atoms with Crippen molar-refractivity contribution in [3.05, 3.63) is 44.7 Å². The molecule has 0 spiro atoms. The molecule has 0 aliphatic carbocycles. The van der Waals surface area contributed by atoms with Crippen LogP contribution in [0.2, 0.25) is 0 Å². The minimum Gasteiger partial charge on any atom is -0.355 e. The number of benzene rings is 1. The Morgan fingerprint density at radius 2 is 2.25 bits per heavy atom. The molecule has 0 atom stereocenters. The molecule has 102 valence electrons. The molecule has 1 aromatic heterocycles. The quantitative estimate of drug-likeness (QED) is 0.930. The Hall–Kier alpha value is -2.13. The molecule has 0 bridgehead atoms. The van der Waals surface area contributed by atoms with Gasteiger partial charge in [-0.25, -0.2) is 0 Å².